The van der Waals surface area contributed by atoms with Gasteiger partial charge in [0.25, 0.3) is 0 Å². The highest BCUT2D eigenvalue weighted by Gasteiger charge is 2.11. The zero-order valence-corrected chi connectivity index (χ0v) is 15.3. The second-order valence-corrected chi connectivity index (χ2v) is 8.18. The van der Waals surface area contributed by atoms with Gasteiger partial charge in [-0.2, -0.15) is 0 Å². The minimum atomic E-state index is 0.503. The van der Waals surface area contributed by atoms with Crippen LogP contribution in [0.1, 0.15) is 41.9 Å². The normalized spacial score (nSPS) is 10.9. The second kappa shape index (κ2) is 7.27. The molecule has 4 rings (SSSR count). The highest BCUT2D eigenvalue weighted by atomic mass is 32.1. The van der Waals surface area contributed by atoms with Crippen molar-refractivity contribution in [2.75, 3.05) is 0 Å². The number of fused-ring (bicyclic) bond motifs is 1. The number of pyridine rings is 2. The number of aromatic nitrogens is 2. The average Bonchev–Trinajstić information content (AvgIpc) is 3.20. The van der Waals surface area contributed by atoms with Crippen LogP contribution >= 0.6 is 22.7 Å². The number of nitrogens with zero attached hydrogens (tertiary/aromatic N) is 2. The number of aldehydes is 2. The third-order valence-electron chi connectivity index (χ3n) is 4.11. The van der Waals surface area contributed by atoms with Crippen LogP contribution in [0.15, 0.2) is 48.8 Å². The molecule has 0 aliphatic rings. The molecule has 0 bridgehead atoms. The standard InChI is InChI=1S/C20H14N2O2S2/c23-11-17-13(3-1-5-21-17)7-15-9-19-20(25-15)10-16(26-19)8-14-4-2-6-22-18(14)12-24/h1-6,9-12H,7-8H2. The Morgan fingerprint density at radius 2 is 1.23 bits per heavy atom. The van der Waals surface area contributed by atoms with Gasteiger partial charge in [0.05, 0.1) is 0 Å². The largest absolute Gasteiger partial charge is 0.296 e. The SMILES string of the molecule is O=Cc1ncccc1Cc1cc2sc(Cc3cccnc3C=O)cc2s1. The van der Waals surface area contributed by atoms with Gasteiger partial charge in [0.2, 0.25) is 0 Å². The summed E-state index contributed by atoms with van der Waals surface area (Å²) in [6.45, 7) is 0. The van der Waals surface area contributed by atoms with Crippen LogP contribution in [0.3, 0.4) is 0 Å². The minimum Gasteiger partial charge on any atom is -0.296 e. The summed E-state index contributed by atoms with van der Waals surface area (Å²) in [4.78, 5) is 32.9. The van der Waals surface area contributed by atoms with Gasteiger partial charge < -0.3 is 0 Å². The van der Waals surface area contributed by atoms with Crippen molar-refractivity contribution in [3.63, 3.8) is 0 Å². The summed E-state index contributed by atoms with van der Waals surface area (Å²) in [5.41, 5.74) is 2.90. The van der Waals surface area contributed by atoms with Crippen molar-refractivity contribution in [1.29, 1.82) is 0 Å². The third kappa shape index (κ3) is 3.34. The Labute approximate surface area is 158 Å². The maximum absolute atomic E-state index is 11.1. The first-order valence-corrected chi connectivity index (χ1v) is 9.69. The molecule has 0 fully saturated rings. The molecular weight excluding hydrogens is 364 g/mol. The Morgan fingerprint density at radius 1 is 0.769 bits per heavy atom. The summed E-state index contributed by atoms with van der Waals surface area (Å²) in [6, 6.07) is 12.0. The highest BCUT2D eigenvalue weighted by molar-refractivity contribution is 7.27. The molecule has 4 heterocycles. The first-order chi connectivity index (χ1) is 12.8. The highest BCUT2D eigenvalue weighted by Crippen LogP contribution is 2.35. The van der Waals surface area contributed by atoms with Crippen molar-refractivity contribution < 1.29 is 9.59 Å². The molecule has 0 amide bonds. The number of rotatable bonds is 6. The lowest BCUT2D eigenvalue weighted by Crippen LogP contribution is -1.95. The van der Waals surface area contributed by atoms with E-state index in [1.165, 1.54) is 19.2 Å². The quantitative estimate of drug-likeness (QED) is 0.462. The van der Waals surface area contributed by atoms with Crippen molar-refractivity contribution >= 4 is 44.6 Å². The van der Waals surface area contributed by atoms with Crippen LogP contribution in [0, 0.1) is 0 Å². The number of thiophene rings is 2. The topological polar surface area (TPSA) is 59.9 Å². The fraction of sp³-hybridized carbons (Fsp3) is 0.100. The molecule has 0 aliphatic carbocycles. The third-order valence-corrected chi connectivity index (χ3v) is 6.41. The van der Waals surface area contributed by atoms with E-state index in [0.29, 0.717) is 24.2 Å². The van der Waals surface area contributed by atoms with Crippen molar-refractivity contribution in [1.82, 2.24) is 9.97 Å². The van der Waals surface area contributed by atoms with E-state index in [4.69, 9.17) is 0 Å². The molecule has 4 aromatic rings. The fourth-order valence-corrected chi connectivity index (χ4v) is 5.39. The van der Waals surface area contributed by atoms with E-state index in [0.717, 1.165) is 23.7 Å². The fourth-order valence-electron chi connectivity index (χ4n) is 2.90. The van der Waals surface area contributed by atoms with Crippen molar-refractivity contribution in [2.24, 2.45) is 0 Å². The Balaban J connectivity index is 1.58. The maximum atomic E-state index is 11.1. The number of carbonyl (C=O) groups is 2. The van der Waals surface area contributed by atoms with Crippen LogP contribution in [-0.2, 0) is 12.8 Å². The number of hydrogen-bond acceptors (Lipinski definition) is 6. The molecule has 0 radical (unpaired) electrons. The Hall–Kier alpha value is -2.70. The van der Waals surface area contributed by atoms with E-state index >= 15 is 0 Å². The lowest BCUT2D eigenvalue weighted by molar-refractivity contribution is 0.111. The molecule has 6 heteroatoms. The van der Waals surface area contributed by atoms with Gasteiger partial charge in [0.15, 0.2) is 12.6 Å². The van der Waals surface area contributed by atoms with Crippen molar-refractivity contribution in [2.45, 2.75) is 12.8 Å². The summed E-state index contributed by atoms with van der Waals surface area (Å²) in [5, 5.41) is 0. The van der Waals surface area contributed by atoms with E-state index in [-0.39, 0.29) is 0 Å². The summed E-state index contributed by atoms with van der Waals surface area (Å²) in [5.74, 6) is 0. The second-order valence-electron chi connectivity index (χ2n) is 5.84. The molecule has 0 N–H and O–H groups in total. The zero-order chi connectivity index (χ0) is 17.9. The average molecular weight is 378 g/mol. The molecule has 0 saturated carbocycles. The molecule has 0 unspecified atom stereocenters. The van der Waals surface area contributed by atoms with Crippen LogP contribution in [0.4, 0.5) is 0 Å². The molecule has 4 nitrogen and oxygen atoms in total. The van der Waals surface area contributed by atoms with Crippen LogP contribution in [0.2, 0.25) is 0 Å². The predicted octanol–water partition coefficient (Wildman–Crippen LogP) is 4.56. The van der Waals surface area contributed by atoms with E-state index < -0.39 is 0 Å². The number of hydrogen-bond donors (Lipinski definition) is 0. The molecule has 0 atom stereocenters. The summed E-state index contributed by atoms with van der Waals surface area (Å²) in [7, 11) is 0. The summed E-state index contributed by atoms with van der Waals surface area (Å²) >= 11 is 3.47. The molecule has 0 spiro atoms. The van der Waals surface area contributed by atoms with Gasteiger partial charge in [-0.1, -0.05) is 12.1 Å². The van der Waals surface area contributed by atoms with Crippen LogP contribution in [0.5, 0.6) is 0 Å². The van der Waals surface area contributed by atoms with Gasteiger partial charge in [0, 0.05) is 44.4 Å². The van der Waals surface area contributed by atoms with E-state index in [1.54, 1.807) is 35.1 Å². The lowest BCUT2D eigenvalue weighted by Gasteiger charge is -2.01. The molecule has 0 saturated heterocycles. The van der Waals surface area contributed by atoms with Crippen LogP contribution in [0.25, 0.3) is 9.40 Å². The Bertz CT molecular complexity index is 984. The number of carbonyl (C=O) groups excluding carboxylic acids is 2. The Morgan fingerprint density at radius 3 is 1.65 bits per heavy atom. The van der Waals surface area contributed by atoms with Crippen molar-refractivity contribution in [3.05, 3.63) is 81.1 Å². The Kier molecular flexibility index (Phi) is 4.69. The van der Waals surface area contributed by atoms with Gasteiger partial charge in [-0.05, 0) is 35.4 Å². The van der Waals surface area contributed by atoms with E-state index in [2.05, 4.69) is 22.1 Å². The van der Waals surface area contributed by atoms with Crippen LogP contribution in [-0.4, -0.2) is 22.5 Å². The molecule has 0 aromatic carbocycles. The lowest BCUT2D eigenvalue weighted by atomic mass is 10.1. The molecular formula is C20H14N2O2S2. The first-order valence-electron chi connectivity index (χ1n) is 8.06. The van der Waals surface area contributed by atoms with Gasteiger partial charge in [-0.25, -0.2) is 0 Å². The van der Waals surface area contributed by atoms with E-state index in [9.17, 15) is 9.59 Å². The summed E-state index contributed by atoms with van der Waals surface area (Å²) < 4.78 is 2.46. The zero-order valence-electron chi connectivity index (χ0n) is 13.7. The molecule has 0 aliphatic heterocycles. The van der Waals surface area contributed by atoms with Crippen molar-refractivity contribution in [3.8, 4) is 0 Å². The molecule has 26 heavy (non-hydrogen) atoms. The van der Waals surface area contributed by atoms with Gasteiger partial charge >= 0.3 is 0 Å². The van der Waals surface area contributed by atoms with Gasteiger partial charge in [0.1, 0.15) is 11.4 Å². The predicted molar refractivity (Wildman–Crippen MR) is 105 cm³/mol. The smallest absolute Gasteiger partial charge is 0.168 e. The maximum Gasteiger partial charge on any atom is 0.168 e. The van der Waals surface area contributed by atoms with Gasteiger partial charge in [-0.3, -0.25) is 19.6 Å². The first kappa shape index (κ1) is 16.8. The monoisotopic (exact) mass is 378 g/mol. The van der Waals surface area contributed by atoms with Gasteiger partial charge in [-0.15, -0.1) is 22.7 Å². The van der Waals surface area contributed by atoms with E-state index in [1.807, 2.05) is 24.3 Å². The minimum absolute atomic E-state index is 0.503. The summed E-state index contributed by atoms with van der Waals surface area (Å²) in [6.07, 6.45) is 6.31. The van der Waals surface area contributed by atoms with Crippen LogP contribution < -0.4 is 0 Å². The molecule has 4 aromatic heterocycles. The molecule has 128 valence electrons.